The van der Waals surface area contributed by atoms with Crippen molar-refractivity contribution in [2.45, 2.75) is 77.3 Å². The SMILES string of the molecule is CCCCN(CCCC)C(=O)c1cc(C)n(-c2ccc(NSc3cccc(Oc4ccc(C)cc4)c3)cc2C(=O)N2Cc3ccccc3C[C@H]2CO)n1. The predicted molar refractivity (Wildman–Crippen MR) is 212 cm³/mol. The van der Waals surface area contributed by atoms with Gasteiger partial charge in [0.2, 0.25) is 0 Å². The van der Waals surface area contributed by atoms with Gasteiger partial charge in [-0.2, -0.15) is 5.10 Å². The summed E-state index contributed by atoms with van der Waals surface area (Å²) in [7, 11) is 0. The van der Waals surface area contributed by atoms with Gasteiger partial charge in [0.25, 0.3) is 11.8 Å². The van der Waals surface area contributed by atoms with Gasteiger partial charge < -0.3 is 24.4 Å². The number of fused-ring (bicyclic) bond motifs is 1. The van der Waals surface area contributed by atoms with Crippen LogP contribution in [0.2, 0.25) is 0 Å². The van der Waals surface area contributed by atoms with E-state index in [0.717, 1.165) is 64.6 Å². The number of anilines is 1. The third kappa shape index (κ3) is 9.12. The lowest BCUT2D eigenvalue weighted by Crippen LogP contribution is -2.46. The molecule has 0 bridgehead atoms. The number of rotatable bonds is 15. The van der Waals surface area contributed by atoms with Crippen molar-refractivity contribution in [1.29, 1.82) is 0 Å². The minimum Gasteiger partial charge on any atom is -0.457 e. The van der Waals surface area contributed by atoms with Gasteiger partial charge in [0.05, 0.1) is 23.9 Å². The molecule has 0 saturated carbocycles. The van der Waals surface area contributed by atoms with Crippen LogP contribution < -0.4 is 9.46 Å². The van der Waals surface area contributed by atoms with Crippen LogP contribution >= 0.6 is 11.9 Å². The molecule has 1 aromatic heterocycles. The topological polar surface area (TPSA) is 99.9 Å². The summed E-state index contributed by atoms with van der Waals surface area (Å²) in [4.78, 5) is 33.0. The molecular formula is C43H49N5O4S. The zero-order chi connectivity index (χ0) is 37.3. The molecule has 1 atom stereocenters. The molecule has 4 aromatic carbocycles. The molecule has 0 spiro atoms. The van der Waals surface area contributed by atoms with E-state index in [1.54, 1.807) is 9.58 Å². The molecule has 10 heteroatoms. The number of aliphatic hydroxyl groups is 1. The second-order valence-electron chi connectivity index (χ2n) is 13.7. The Morgan fingerprint density at radius 3 is 2.34 bits per heavy atom. The molecule has 2 heterocycles. The molecule has 0 unspecified atom stereocenters. The van der Waals surface area contributed by atoms with Gasteiger partial charge in [-0.05, 0) is 111 Å². The Morgan fingerprint density at radius 1 is 0.887 bits per heavy atom. The van der Waals surface area contributed by atoms with Gasteiger partial charge in [0.15, 0.2) is 5.69 Å². The fourth-order valence-electron chi connectivity index (χ4n) is 6.56. The Morgan fingerprint density at radius 2 is 1.62 bits per heavy atom. The van der Waals surface area contributed by atoms with E-state index in [-0.39, 0.29) is 24.5 Å². The number of benzene rings is 4. The Kier molecular flexibility index (Phi) is 12.5. The Labute approximate surface area is 317 Å². The molecule has 0 aliphatic carbocycles. The average molecular weight is 732 g/mol. The summed E-state index contributed by atoms with van der Waals surface area (Å²) in [6, 6.07) is 30.9. The normalized spacial score (nSPS) is 13.8. The minimum absolute atomic E-state index is 0.0992. The van der Waals surface area contributed by atoms with Gasteiger partial charge in [-0.1, -0.05) is 74.7 Å². The first-order valence-corrected chi connectivity index (χ1v) is 19.4. The van der Waals surface area contributed by atoms with Crippen LogP contribution in [0.3, 0.4) is 0 Å². The summed E-state index contributed by atoms with van der Waals surface area (Å²) in [5.41, 5.74) is 6.18. The van der Waals surface area contributed by atoms with Crippen molar-refractivity contribution in [2.24, 2.45) is 0 Å². The van der Waals surface area contributed by atoms with Crippen LogP contribution in [0.15, 0.2) is 102 Å². The lowest BCUT2D eigenvalue weighted by Gasteiger charge is -2.36. The summed E-state index contributed by atoms with van der Waals surface area (Å²) >= 11 is 1.41. The molecular weight excluding hydrogens is 683 g/mol. The monoisotopic (exact) mass is 731 g/mol. The summed E-state index contributed by atoms with van der Waals surface area (Å²) in [5.74, 6) is 1.16. The summed E-state index contributed by atoms with van der Waals surface area (Å²) < 4.78 is 11.2. The van der Waals surface area contributed by atoms with Gasteiger partial charge >= 0.3 is 0 Å². The zero-order valence-electron chi connectivity index (χ0n) is 31.0. The number of nitrogens with one attached hydrogen (secondary N) is 1. The first kappa shape index (κ1) is 37.7. The second-order valence-corrected chi connectivity index (χ2v) is 14.5. The number of ether oxygens (including phenoxy) is 1. The Hall–Kier alpha value is -5.06. The number of unbranched alkanes of at least 4 members (excludes halogenated alkanes) is 2. The number of carbonyl (C=O) groups is 2. The highest BCUT2D eigenvalue weighted by Crippen LogP contribution is 2.32. The van der Waals surface area contributed by atoms with Gasteiger partial charge in [0.1, 0.15) is 11.5 Å². The van der Waals surface area contributed by atoms with Crippen LogP contribution in [-0.2, 0) is 13.0 Å². The number of aromatic nitrogens is 2. The minimum atomic E-state index is -0.381. The van der Waals surface area contributed by atoms with Crippen LogP contribution in [0.5, 0.6) is 11.5 Å². The van der Waals surface area contributed by atoms with Crippen molar-refractivity contribution in [3.05, 3.63) is 131 Å². The first-order valence-electron chi connectivity index (χ1n) is 18.5. The molecule has 6 rings (SSSR count). The van der Waals surface area contributed by atoms with Gasteiger partial charge in [0, 0.05) is 35.9 Å². The van der Waals surface area contributed by atoms with Crippen LogP contribution in [0, 0.1) is 13.8 Å². The van der Waals surface area contributed by atoms with Crippen LogP contribution in [0.1, 0.15) is 82.8 Å². The van der Waals surface area contributed by atoms with Crippen molar-refractivity contribution in [3.8, 4) is 17.2 Å². The molecule has 9 nitrogen and oxygen atoms in total. The number of aryl methyl sites for hydroxylation is 2. The van der Waals surface area contributed by atoms with E-state index in [4.69, 9.17) is 9.84 Å². The average Bonchev–Trinajstić information content (AvgIpc) is 3.58. The third-order valence-corrected chi connectivity index (χ3v) is 10.4. The largest absolute Gasteiger partial charge is 0.457 e. The maximum absolute atomic E-state index is 14.7. The maximum atomic E-state index is 14.7. The number of aliphatic hydroxyl groups excluding tert-OH is 1. The second kappa shape index (κ2) is 17.6. The summed E-state index contributed by atoms with van der Waals surface area (Å²) in [6.45, 7) is 9.78. The van der Waals surface area contributed by atoms with Crippen molar-refractivity contribution in [1.82, 2.24) is 19.6 Å². The third-order valence-electron chi connectivity index (χ3n) is 9.59. The van der Waals surface area contributed by atoms with Crippen molar-refractivity contribution in [2.75, 3.05) is 24.4 Å². The standard InChI is InChI=1S/C43H49N5O4S/c1-5-7-22-46(23-8-6-2)43(51)40-24-31(4)48(44-40)41-21-18-34(45-53-38-15-11-14-37(27-38)52-36-19-16-30(3)17-20-36)26-39(41)42(50)47-28-33-13-10-9-12-32(33)25-35(47)29-49/h9-21,24,26-27,35,45,49H,5-8,22-23,25,28-29H2,1-4H3/t35-/m0/s1. The number of hydrogen-bond donors (Lipinski definition) is 2. The molecule has 5 aromatic rings. The number of amides is 2. The molecule has 1 aliphatic heterocycles. The zero-order valence-corrected chi connectivity index (χ0v) is 31.9. The predicted octanol–water partition coefficient (Wildman–Crippen LogP) is 9.00. The first-order chi connectivity index (χ1) is 25.8. The Bertz CT molecular complexity index is 2020. The van der Waals surface area contributed by atoms with E-state index in [0.29, 0.717) is 43.0 Å². The van der Waals surface area contributed by atoms with Crippen molar-refractivity contribution in [3.63, 3.8) is 0 Å². The van der Waals surface area contributed by atoms with E-state index in [1.165, 1.54) is 17.5 Å². The van der Waals surface area contributed by atoms with Crippen LogP contribution in [0.25, 0.3) is 5.69 Å². The molecule has 2 N–H and O–H groups in total. The maximum Gasteiger partial charge on any atom is 0.274 e. The fraction of sp³-hybridized carbons (Fsp3) is 0.326. The highest BCUT2D eigenvalue weighted by Gasteiger charge is 2.32. The van der Waals surface area contributed by atoms with E-state index in [9.17, 15) is 14.7 Å². The Balaban J connectivity index is 1.31. The van der Waals surface area contributed by atoms with Gasteiger partial charge in [-0.3, -0.25) is 9.59 Å². The van der Waals surface area contributed by atoms with Crippen LogP contribution in [0.4, 0.5) is 5.69 Å². The molecule has 276 valence electrons. The summed E-state index contributed by atoms with van der Waals surface area (Å²) in [5, 5.41) is 15.3. The molecule has 53 heavy (non-hydrogen) atoms. The van der Waals surface area contributed by atoms with E-state index in [2.05, 4.69) is 24.6 Å². The number of carbonyl (C=O) groups excluding carboxylic acids is 2. The highest BCUT2D eigenvalue weighted by molar-refractivity contribution is 8.00. The molecule has 1 aliphatic rings. The highest BCUT2D eigenvalue weighted by atomic mass is 32.2. The van der Waals surface area contributed by atoms with Crippen molar-refractivity contribution < 1.29 is 19.4 Å². The lowest BCUT2D eigenvalue weighted by molar-refractivity contribution is 0.0544. The van der Waals surface area contributed by atoms with E-state index < -0.39 is 0 Å². The quantitative estimate of drug-likeness (QED) is 0.104. The number of hydrogen-bond acceptors (Lipinski definition) is 7. The van der Waals surface area contributed by atoms with E-state index in [1.807, 2.05) is 110 Å². The molecule has 2 amide bonds. The summed E-state index contributed by atoms with van der Waals surface area (Å²) in [6.07, 6.45) is 4.41. The molecule has 0 saturated heterocycles. The lowest BCUT2D eigenvalue weighted by atomic mass is 9.93. The van der Waals surface area contributed by atoms with Gasteiger partial charge in [-0.25, -0.2) is 4.68 Å². The van der Waals surface area contributed by atoms with E-state index >= 15 is 0 Å². The number of nitrogens with zero attached hydrogens (tertiary/aromatic N) is 4. The van der Waals surface area contributed by atoms with Crippen molar-refractivity contribution >= 4 is 29.4 Å². The van der Waals surface area contributed by atoms with Gasteiger partial charge in [-0.15, -0.1) is 0 Å². The van der Waals surface area contributed by atoms with Crippen LogP contribution in [-0.4, -0.2) is 62.2 Å². The fourth-order valence-corrected chi connectivity index (χ4v) is 7.24. The molecule has 0 fully saturated rings. The molecule has 0 radical (unpaired) electrons. The smallest absolute Gasteiger partial charge is 0.274 e.